The topological polar surface area (TPSA) is 93.5 Å². The van der Waals surface area contributed by atoms with Crippen LogP contribution in [0.25, 0.3) is 0 Å². The number of carbonyl (C=O) groups is 2. The molecule has 0 bridgehead atoms. The van der Waals surface area contributed by atoms with E-state index in [-0.39, 0.29) is 17.9 Å². The smallest absolute Gasteiger partial charge is 0.251 e. The van der Waals surface area contributed by atoms with Gasteiger partial charge in [-0.25, -0.2) is 0 Å². The van der Waals surface area contributed by atoms with Crippen LogP contribution in [0.1, 0.15) is 28.8 Å². The maximum atomic E-state index is 11.9. The van der Waals surface area contributed by atoms with Crippen molar-refractivity contribution in [3.63, 3.8) is 0 Å². The Kier molecular flexibility index (Phi) is 5.91. The fourth-order valence-electron chi connectivity index (χ4n) is 2.44. The second-order valence-electron chi connectivity index (χ2n) is 5.48. The van der Waals surface area contributed by atoms with Crippen LogP contribution in [0.4, 0.5) is 0 Å². The molecule has 1 aliphatic rings. The van der Waals surface area contributed by atoms with E-state index in [1.54, 1.807) is 6.07 Å². The molecule has 0 saturated carbocycles. The molecule has 22 heavy (non-hydrogen) atoms. The first-order valence-corrected chi connectivity index (χ1v) is 7.58. The number of rotatable bonds is 6. The highest BCUT2D eigenvalue weighted by molar-refractivity contribution is 5.94. The molecule has 1 fully saturated rings. The average Bonchev–Trinajstić information content (AvgIpc) is 3.00. The number of hydrogen-bond acceptors (Lipinski definition) is 4. The van der Waals surface area contributed by atoms with Crippen LogP contribution < -0.4 is 16.4 Å². The summed E-state index contributed by atoms with van der Waals surface area (Å²) in [6.07, 6.45) is 1.08. The van der Waals surface area contributed by atoms with Crippen molar-refractivity contribution in [3.8, 4) is 0 Å². The number of hydrogen-bond donors (Lipinski definition) is 3. The number of nitrogens with one attached hydrogen (secondary N) is 2. The fourth-order valence-corrected chi connectivity index (χ4v) is 2.44. The molecule has 6 heteroatoms. The van der Waals surface area contributed by atoms with Crippen LogP contribution in [0, 0.1) is 6.92 Å². The van der Waals surface area contributed by atoms with E-state index in [0.717, 1.165) is 12.0 Å². The highest BCUT2D eigenvalue weighted by Gasteiger charge is 2.29. The summed E-state index contributed by atoms with van der Waals surface area (Å²) in [6.45, 7) is 3.14. The van der Waals surface area contributed by atoms with Gasteiger partial charge in [0.05, 0.1) is 6.10 Å². The zero-order chi connectivity index (χ0) is 15.9. The van der Waals surface area contributed by atoms with Crippen molar-refractivity contribution in [1.29, 1.82) is 0 Å². The van der Waals surface area contributed by atoms with Gasteiger partial charge >= 0.3 is 0 Å². The molecular weight excluding hydrogens is 282 g/mol. The molecule has 4 N–H and O–H groups in total. The largest absolute Gasteiger partial charge is 0.364 e. The normalized spacial score (nSPS) is 20.6. The van der Waals surface area contributed by atoms with Crippen molar-refractivity contribution in [1.82, 2.24) is 10.6 Å². The lowest BCUT2D eigenvalue weighted by Gasteiger charge is -2.13. The molecule has 2 rings (SSSR count). The molecule has 1 aromatic rings. The van der Waals surface area contributed by atoms with E-state index in [1.165, 1.54) is 0 Å². The molecule has 2 amide bonds. The van der Waals surface area contributed by atoms with Gasteiger partial charge in [0.25, 0.3) is 5.91 Å². The van der Waals surface area contributed by atoms with Crippen LogP contribution >= 0.6 is 0 Å². The standard InChI is InChI=1S/C16H23N3O3/c1-11-3-2-4-12(9-11)15(20)18-7-8-19-16(21)14-6-5-13(10-17)22-14/h2-4,9,13-14H,5-8,10,17H2,1H3,(H,18,20)(H,19,21)/t13-,14+/m1/s1. The Morgan fingerprint density at radius 1 is 1.27 bits per heavy atom. The van der Waals surface area contributed by atoms with E-state index in [2.05, 4.69) is 10.6 Å². The monoisotopic (exact) mass is 305 g/mol. The average molecular weight is 305 g/mol. The van der Waals surface area contributed by atoms with Crippen LogP contribution in [-0.2, 0) is 9.53 Å². The highest BCUT2D eigenvalue weighted by atomic mass is 16.5. The molecule has 1 aromatic carbocycles. The van der Waals surface area contributed by atoms with Gasteiger partial charge in [0.15, 0.2) is 0 Å². The van der Waals surface area contributed by atoms with Crippen molar-refractivity contribution in [2.75, 3.05) is 19.6 Å². The van der Waals surface area contributed by atoms with Crippen molar-refractivity contribution in [2.45, 2.75) is 32.0 Å². The third-order valence-corrected chi connectivity index (χ3v) is 3.65. The number of nitrogens with two attached hydrogens (primary N) is 1. The van der Waals surface area contributed by atoms with E-state index < -0.39 is 6.10 Å². The minimum atomic E-state index is -0.416. The first-order valence-electron chi connectivity index (χ1n) is 7.58. The Labute approximate surface area is 130 Å². The zero-order valence-corrected chi connectivity index (χ0v) is 12.8. The zero-order valence-electron chi connectivity index (χ0n) is 12.8. The molecule has 6 nitrogen and oxygen atoms in total. The van der Waals surface area contributed by atoms with Gasteiger partial charge in [-0.3, -0.25) is 9.59 Å². The molecular formula is C16H23N3O3. The quantitative estimate of drug-likeness (QED) is 0.661. The minimum absolute atomic E-state index is 0.0169. The molecule has 0 unspecified atom stereocenters. The van der Waals surface area contributed by atoms with Gasteiger partial charge in [-0.1, -0.05) is 17.7 Å². The molecule has 0 aromatic heterocycles. The molecule has 2 atom stereocenters. The predicted molar refractivity (Wildman–Crippen MR) is 83.5 cm³/mol. The van der Waals surface area contributed by atoms with Crippen molar-refractivity contribution < 1.29 is 14.3 Å². The Morgan fingerprint density at radius 3 is 2.73 bits per heavy atom. The van der Waals surface area contributed by atoms with Crippen molar-refractivity contribution in [3.05, 3.63) is 35.4 Å². The van der Waals surface area contributed by atoms with E-state index >= 15 is 0 Å². The first kappa shape index (κ1) is 16.5. The summed E-state index contributed by atoms with van der Waals surface area (Å²) in [5, 5.41) is 5.55. The summed E-state index contributed by atoms with van der Waals surface area (Å²) < 4.78 is 5.51. The van der Waals surface area contributed by atoms with Crippen LogP contribution in [0.3, 0.4) is 0 Å². The third kappa shape index (κ3) is 4.54. The van der Waals surface area contributed by atoms with Gasteiger partial charge in [0, 0.05) is 25.2 Å². The summed E-state index contributed by atoms with van der Waals surface area (Å²) in [6, 6.07) is 7.37. The number of aryl methyl sites for hydroxylation is 1. The molecule has 0 spiro atoms. The summed E-state index contributed by atoms with van der Waals surface area (Å²) >= 11 is 0. The maximum absolute atomic E-state index is 11.9. The van der Waals surface area contributed by atoms with Crippen molar-refractivity contribution in [2.24, 2.45) is 5.73 Å². The Morgan fingerprint density at radius 2 is 2.05 bits per heavy atom. The van der Waals surface area contributed by atoms with Crippen LogP contribution in [0.5, 0.6) is 0 Å². The SMILES string of the molecule is Cc1cccc(C(=O)NCCNC(=O)[C@@H]2CC[C@H](CN)O2)c1. The Hall–Kier alpha value is -1.92. The first-order chi connectivity index (χ1) is 10.6. The predicted octanol–water partition coefficient (Wildman–Crippen LogP) is 0.347. The van der Waals surface area contributed by atoms with E-state index in [9.17, 15) is 9.59 Å². The molecule has 0 radical (unpaired) electrons. The number of amides is 2. The number of ether oxygens (including phenoxy) is 1. The molecule has 1 aliphatic heterocycles. The lowest BCUT2D eigenvalue weighted by Crippen LogP contribution is -2.40. The summed E-state index contributed by atoms with van der Waals surface area (Å²) in [7, 11) is 0. The van der Waals surface area contributed by atoms with Gasteiger partial charge in [0.1, 0.15) is 6.10 Å². The maximum Gasteiger partial charge on any atom is 0.251 e. The van der Waals surface area contributed by atoms with Crippen molar-refractivity contribution >= 4 is 11.8 Å². The molecule has 1 heterocycles. The minimum Gasteiger partial charge on any atom is -0.364 e. The second-order valence-corrected chi connectivity index (χ2v) is 5.48. The molecule has 1 saturated heterocycles. The van der Waals surface area contributed by atoms with Crippen LogP contribution in [0.2, 0.25) is 0 Å². The summed E-state index contributed by atoms with van der Waals surface area (Å²) in [5.41, 5.74) is 7.17. The molecule has 120 valence electrons. The van der Waals surface area contributed by atoms with E-state index in [4.69, 9.17) is 10.5 Å². The fraction of sp³-hybridized carbons (Fsp3) is 0.500. The lowest BCUT2D eigenvalue weighted by atomic mass is 10.1. The van der Waals surface area contributed by atoms with E-state index in [0.29, 0.717) is 31.6 Å². The van der Waals surface area contributed by atoms with Gasteiger partial charge in [-0.05, 0) is 31.9 Å². The van der Waals surface area contributed by atoms with Gasteiger partial charge in [-0.15, -0.1) is 0 Å². The summed E-state index contributed by atoms with van der Waals surface area (Å²) in [4.78, 5) is 23.8. The Balaban J connectivity index is 1.67. The van der Waals surface area contributed by atoms with Crippen LogP contribution in [-0.4, -0.2) is 43.7 Å². The lowest BCUT2D eigenvalue weighted by molar-refractivity contribution is -0.131. The third-order valence-electron chi connectivity index (χ3n) is 3.65. The van der Waals surface area contributed by atoms with Crippen LogP contribution in [0.15, 0.2) is 24.3 Å². The van der Waals surface area contributed by atoms with Gasteiger partial charge < -0.3 is 21.1 Å². The number of benzene rings is 1. The highest BCUT2D eigenvalue weighted by Crippen LogP contribution is 2.18. The van der Waals surface area contributed by atoms with E-state index in [1.807, 2.05) is 25.1 Å². The number of carbonyl (C=O) groups excluding carboxylic acids is 2. The second kappa shape index (κ2) is 7.91. The van der Waals surface area contributed by atoms with Gasteiger partial charge in [-0.2, -0.15) is 0 Å². The Bertz CT molecular complexity index is 533. The van der Waals surface area contributed by atoms with Gasteiger partial charge in [0.2, 0.25) is 5.91 Å². The molecule has 0 aliphatic carbocycles. The summed E-state index contributed by atoms with van der Waals surface area (Å²) in [5.74, 6) is -0.279.